The molecule has 1 saturated heterocycles. The van der Waals surface area contributed by atoms with Crippen LogP contribution in [0, 0.1) is 0 Å². The van der Waals surface area contributed by atoms with Crippen LogP contribution in [0.5, 0.6) is 5.75 Å². The molecule has 8 heteroatoms. The molecule has 0 aliphatic carbocycles. The first-order valence-corrected chi connectivity index (χ1v) is 10.3. The van der Waals surface area contributed by atoms with Gasteiger partial charge in [0.05, 0.1) is 18.6 Å². The number of aryl methyl sites for hydroxylation is 1. The summed E-state index contributed by atoms with van der Waals surface area (Å²) in [5.74, 6) is -0.0508. The predicted octanol–water partition coefficient (Wildman–Crippen LogP) is 1.21. The highest BCUT2D eigenvalue weighted by Gasteiger charge is 2.34. The van der Waals surface area contributed by atoms with Crippen molar-refractivity contribution in [2.45, 2.75) is 38.3 Å². The van der Waals surface area contributed by atoms with Gasteiger partial charge in [0.25, 0.3) is 5.91 Å². The van der Waals surface area contributed by atoms with Crippen LogP contribution in [0.25, 0.3) is 0 Å². The molecule has 2 rings (SSSR count). The number of esters is 1. The average molecular weight is 383 g/mol. The van der Waals surface area contributed by atoms with E-state index < -0.39 is 21.9 Å². The Morgan fingerprint density at radius 1 is 1.27 bits per heavy atom. The summed E-state index contributed by atoms with van der Waals surface area (Å²) in [6.45, 7) is 1.51. The van der Waals surface area contributed by atoms with Crippen molar-refractivity contribution in [1.29, 1.82) is 0 Å². The van der Waals surface area contributed by atoms with E-state index in [4.69, 9.17) is 9.47 Å². The first kappa shape index (κ1) is 20.2. The van der Waals surface area contributed by atoms with Gasteiger partial charge in [0.15, 0.2) is 15.9 Å². The molecule has 0 saturated carbocycles. The molecule has 1 aromatic carbocycles. The molecule has 1 aliphatic rings. The van der Waals surface area contributed by atoms with Crippen LogP contribution in [-0.2, 0) is 30.6 Å². The van der Waals surface area contributed by atoms with Gasteiger partial charge in [-0.15, -0.1) is 0 Å². The Balaban J connectivity index is 1.80. The highest BCUT2D eigenvalue weighted by atomic mass is 32.2. The van der Waals surface area contributed by atoms with E-state index in [1.54, 1.807) is 14.2 Å². The normalized spacial score (nSPS) is 19.6. The molecule has 0 unspecified atom stereocenters. The van der Waals surface area contributed by atoms with E-state index in [9.17, 15) is 18.0 Å². The number of likely N-dealkylation sites (N-methyl/N-ethyl adjacent to an activating group) is 1. The third kappa shape index (κ3) is 5.45. The molecule has 1 aliphatic heterocycles. The lowest BCUT2D eigenvalue weighted by Gasteiger charge is -2.26. The van der Waals surface area contributed by atoms with Crippen LogP contribution in [0.2, 0.25) is 0 Å². The minimum absolute atomic E-state index is 0.0343. The number of hydrogen-bond acceptors (Lipinski definition) is 6. The molecule has 0 radical (unpaired) electrons. The van der Waals surface area contributed by atoms with Crippen molar-refractivity contribution < 1.29 is 27.5 Å². The van der Waals surface area contributed by atoms with Crippen molar-refractivity contribution >= 4 is 21.7 Å². The summed E-state index contributed by atoms with van der Waals surface area (Å²) in [5, 5.41) is 0. The maximum absolute atomic E-state index is 12.4. The first-order chi connectivity index (χ1) is 12.2. The third-order valence-corrected chi connectivity index (χ3v) is 6.29. The molecule has 1 aromatic rings. The zero-order valence-corrected chi connectivity index (χ0v) is 16.1. The Labute approximate surface area is 154 Å². The number of sulfone groups is 1. The number of nitrogens with zero attached hydrogens (tertiary/aromatic N) is 1. The monoisotopic (exact) mass is 383 g/mol. The van der Waals surface area contributed by atoms with E-state index in [1.807, 2.05) is 24.3 Å². The Kier molecular flexibility index (Phi) is 6.63. The number of ether oxygens (including phenoxy) is 2. The lowest BCUT2D eigenvalue weighted by molar-refractivity contribution is -0.159. The van der Waals surface area contributed by atoms with E-state index in [1.165, 1.54) is 11.8 Å². The summed E-state index contributed by atoms with van der Waals surface area (Å²) in [4.78, 5) is 25.7. The molecule has 1 fully saturated rings. The zero-order valence-electron chi connectivity index (χ0n) is 15.3. The highest BCUT2D eigenvalue weighted by Crippen LogP contribution is 2.18. The number of amides is 1. The van der Waals surface area contributed by atoms with E-state index in [0.717, 1.165) is 11.3 Å². The Morgan fingerprint density at radius 3 is 2.46 bits per heavy atom. The van der Waals surface area contributed by atoms with Crippen molar-refractivity contribution in [3.63, 3.8) is 0 Å². The summed E-state index contributed by atoms with van der Waals surface area (Å²) in [7, 11) is 0.0596. The fraction of sp³-hybridized carbons (Fsp3) is 0.556. The molecule has 0 spiro atoms. The van der Waals surface area contributed by atoms with Crippen LogP contribution in [0.15, 0.2) is 24.3 Å². The smallest absolute Gasteiger partial charge is 0.306 e. The van der Waals surface area contributed by atoms with E-state index in [0.29, 0.717) is 12.8 Å². The van der Waals surface area contributed by atoms with Gasteiger partial charge in [-0.25, -0.2) is 8.42 Å². The lowest BCUT2D eigenvalue weighted by Crippen LogP contribution is -2.44. The van der Waals surface area contributed by atoms with Crippen molar-refractivity contribution in [1.82, 2.24) is 4.90 Å². The molecular weight excluding hydrogens is 358 g/mol. The second-order valence-electron chi connectivity index (χ2n) is 6.49. The molecule has 26 heavy (non-hydrogen) atoms. The molecule has 1 amide bonds. The van der Waals surface area contributed by atoms with Crippen LogP contribution in [0.1, 0.15) is 25.3 Å². The van der Waals surface area contributed by atoms with Gasteiger partial charge in [-0.2, -0.15) is 0 Å². The third-order valence-electron chi connectivity index (χ3n) is 4.54. The number of carbonyl (C=O) groups is 2. The summed E-state index contributed by atoms with van der Waals surface area (Å²) in [6, 6.07) is 7.02. The highest BCUT2D eigenvalue weighted by molar-refractivity contribution is 7.91. The molecule has 144 valence electrons. The fourth-order valence-corrected chi connectivity index (χ4v) is 4.67. The zero-order chi connectivity index (χ0) is 19.3. The predicted molar refractivity (Wildman–Crippen MR) is 96.7 cm³/mol. The molecular formula is C18H25NO6S. The minimum atomic E-state index is -3.08. The number of carbonyl (C=O) groups excluding carboxylic acids is 2. The number of methoxy groups -OCH3 is 1. The van der Waals surface area contributed by atoms with Crippen LogP contribution >= 0.6 is 0 Å². The largest absolute Gasteiger partial charge is 0.497 e. The average Bonchev–Trinajstić information content (AvgIpc) is 2.98. The maximum Gasteiger partial charge on any atom is 0.306 e. The molecule has 7 nitrogen and oxygen atoms in total. The van der Waals surface area contributed by atoms with Gasteiger partial charge in [-0.05, 0) is 37.5 Å². The van der Waals surface area contributed by atoms with Crippen LogP contribution < -0.4 is 4.74 Å². The Hall–Kier alpha value is -2.09. The van der Waals surface area contributed by atoms with Gasteiger partial charge in [-0.3, -0.25) is 9.59 Å². The van der Waals surface area contributed by atoms with Crippen LogP contribution in [0.4, 0.5) is 0 Å². The summed E-state index contributed by atoms with van der Waals surface area (Å²) in [6.07, 6.45) is 0.140. The number of benzene rings is 1. The second kappa shape index (κ2) is 8.53. The summed E-state index contributed by atoms with van der Waals surface area (Å²) < 4.78 is 33.4. The number of rotatable bonds is 7. The van der Waals surface area contributed by atoms with E-state index >= 15 is 0 Å². The fourth-order valence-electron chi connectivity index (χ4n) is 2.89. The molecule has 2 atom stereocenters. The van der Waals surface area contributed by atoms with Gasteiger partial charge in [-0.1, -0.05) is 12.1 Å². The SMILES string of the molecule is COc1ccc(CCC(=O)O[C@@H](C)C(=O)N(C)[C@@H]2CCS(=O)(=O)C2)cc1. The van der Waals surface area contributed by atoms with Gasteiger partial charge in [0.2, 0.25) is 0 Å². The summed E-state index contributed by atoms with van der Waals surface area (Å²) >= 11 is 0. The lowest BCUT2D eigenvalue weighted by atomic mass is 10.1. The molecule has 0 N–H and O–H groups in total. The number of hydrogen-bond donors (Lipinski definition) is 0. The van der Waals surface area contributed by atoms with Gasteiger partial charge in [0, 0.05) is 19.5 Å². The quantitative estimate of drug-likeness (QED) is 0.658. The second-order valence-corrected chi connectivity index (χ2v) is 8.71. The van der Waals surface area contributed by atoms with Crippen molar-refractivity contribution in [3.8, 4) is 5.75 Å². The van der Waals surface area contributed by atoms with Crippen LogP contribution in [0.3, 0.4) is 0 Å². The maximum atomic E-state index is 12.4. The summed E-state index contributed by atoms with van der Waals surface area (Å²) in [5.41, 5.74) is 0.968. The van der Waals surface area contributed by atoms with Gasteiger partial charge in [0.1, 0.15) is 5.75 Å². The molecule has 0 aromatic heterocycles. The standard InChI is InChI=1S/C18H25NO6S/c1-13(18(21)19(2)15-10-11-26(22,23)12-15)25-17(20)9-6-14-4-7-16(24-3)8-5-14/h4-5,7-8,13,15H,6,9-12H2,1-3H3/t13-,15+/m0/s1. The Morgan fingerprint density at radius 2 is 1.92 bits per heavy atom. The molecule has 0 bridgehead atoms. The van der Waals surface area contributed by atoms with Crippen molar-refractivity contribution in [2.24, 2.45) is 0 Å². The van der Waals surface area contributed by atoms with E-state index in [-0.39, 0.29) is 29.9 Å². The van der Waals surface area contributed by atoms with Crippen molar-refractivity contribution in [3.05, 3.63) is 29.8 Å². The van der Waals surface area contributed by atoms with Gasteiger partial charge < -0.3 is 14.4 Å². The van der Waals surface area contributed by atoms with Crippen LogP contribution in [-0.4, -0.2) is 63.0 Å². The first-order valence-electron chi connectivity index (χ1n) is 8.51. The topological polar surface area (TPSA) is 90.0 Å². The van der Waals surface area contributed by atoms with Gasteiger partial charge >= 0.3 is 5.97 Å². The minimum Gasteiger partial charge on any atom is -0.497 e. The molecule has 1 heterocycles. The van der Waals surface area contributed by atoms with E-state index in [2.05, 4.69) is 0 Å². The van der Waals surface area contributed by atoms with Crippen molar-refractivity contribution in [2.75, 3.05) is 25.7 Å². The Bertz CT molecular complexity index is 743.